The monoisotopic (exact) mass is 546 g/mol. The molecule has 3 aromatic rings. The Hall–Kier alpha value is -3.37. The summed E-state index contributed by atoms with van der Waals surface area (Å²) in [7, 11) is -2.57. The molecule has 0 unspecified atom stereocenters. The standard InChI is InChI=1S/C24H23BrN2O6S/c1-4-32-22-11-7-17(14-23(22)31-3)24(28)27-26-15-18-13-19(25)8-12-21(18)33-34(29,30)20-9-5-16(2)6-10-20/h5-15H,4H2,1-3H3,(H,27,28)/b26-15+. The van der Waals surface area contributed by atoms with Gasteiger partial charge in [-0.05, 0) is 62.4 Å². The number of hydrazone groups is 1. The van der Waals surface area contributed by atoms with Crippen molar-refractivity contribution >= 4 is 38.2 Å². The number of nitrogens with one attached hydrogen (secondary N) is 1. The average Bonchev–Trinajstić information content (AvgIpc) is 2.81. The van der Waals surface area contributed by atoms with Gasteiger partial charge >= 0.3 is 10.1 Å². The first-order chi connectivity index (χ1) is 16.2. The number of benzene rings is 3. The van der Waals surface area contributed by atoms with Crippen LogP contribution in [0.15, 0.2) is 75.1 Å². The van der Waals surface area contributed by atoms with Gasteiger partial charge in [0.25, 0.3) is 5.91 Å². The van der Waals surface area contributed by atoms with Gasteiger partial charge in [-0.2, -0.15) is 13.5 Å². The first kappa shape index (κ1) is 25.3. The summed E-state index contributed by atoms with van der Waals surface area (Å²) in [6.07, 6.45) is 1.30. The van der Waals surface area contributed by atoms with Gasteiger partial charge in [-0.3, -0.25) is 4.79 Å². The van der Waals surface area contributed by atoms with Gasteiger partial charge in [-0.15, -0.1) is 0 Å². The van der Waals surface area contributed by atoms with Crippen molar-refractivity contribution < 1.29 is 26.9 Å². The van der Waals surface area contributed by atoms with E-state index in [4.69, 9.17) is 13.7 Å². The molecule has 1 N–H and O–H groups in total. The highest BCUT2D eigenvalue weighted by atomic mass is 79.9. The van der Waals surface area contributed by atoms with Crippen LogP contribution in [0.2, 0.25) is 0 Å². The number of carbonyl (C=O) groups is 1. The van der Waals surface area contributed by atoms with Gasteiger partial charge in [-0.1, -0.05) is 33.6 Å². The van der Waals surface area contributed by atoms with Gasteiger partial charge in [0.1, 0.15) is 4.90 Å². The van der Waals surface area contributed by atoms with Crippen molar-refractivity contribution in [3.05, 3.63) is 81.8 Å². The fourth-order valence-electron chi connectivity index (χ4n) is 2.88. The largest absolute Gasteiger partial charge is 0.493 e. The molecular weight excluding hydrogens is 524 g/mol. The highest BCUT2D eigenvalue weighted by molar-refractivity contribution is 9.10. The molecule has 3 rings (SSSR count). The molecule has 10 heteroatoms. The molecule has 0 aliphatic heterocycles. The van der Waals surface area contributed by atoms with Crippen LogP contribution in [0.25, 0.3) is 0 Å². The molecule has 0 saturated carbocycles. The van der Waals surface area contributed by atoms with Crippen LogP contribution in [0.1, 0.15) is 28.4 Å². The van der Waals surface area contributed by atoms with E-state index >= 15 is 0 Å². The molecule has 1 amide bonds. The van der Waals surface area contributed by atoms with Crippen LogP contribution in [-0.4, -0.2) is 34.3 Å². The third-order valence-electron chi connectivity index (χ3n) is 4.58. The molecule has 0 aliphatic rings. The summed E-state index contributed by atoms with van der Waals surface area (Å²) < 4.78 is 42.1. The highest BCUT2D eigenvalue weighted by Crippen LogP contribution is 2.28. The Morgan fingerprint density at radius 2 is 1.74 bits per heavy atom. The number of aryl methyl sites for hydroxylation is 1. The summed E-state index contributed by atoms with van der Waals surface area (Å²) in [4.78, 5) is 12.5. The van der Waals surface area contributed by atoms with Gasteiger partial charge in [0.2, 0.25) is 0 Å². The van der Waals surface area contributed by atoms with E-state index in [2.05, 4.69) is 26.5 Å². The van der Waals surface area contributed by atoms with Gasteiger partial charge in [0, 0.05) is 15.6 Å². The third-order valence-corrected chi connectivity index (χ3v) is 6.32. The van der Waals surface area contributed by atoms with E-state index < -0.39 is 16.0 Å². The van der Waals surface area contributed by atoms with Crippen LogP contribution >= 0.6 is 15.9 Å². The van der Waals surface area contributed by atoms with Crippen molar-refractivity contribution in [1.29, 1.82) is 0 Å². The van der Waals surface area contributed by atoms with E-state index in [1.54, 1.807) is 36.4 Å². The first-order valence-electron chi connectivity index (χ1n) is 10.2. The van der Waals surface area contributed by atoms with Crippen LogP contribution in [0.4, 0.5) is 0 Å². The van der Waals surface area contributed by atoms with Crippen LogP contribution in [-0.2, 0) is 10.1 Å². The van der Waals surface area contributed by atoms with Crippen molar-refractivity contribution in [2.45, 2.75) is 18.7 Å². The molecular formula is C24H23BrN2O6S. The number of rotatable bonds is 9. The Morgan fingerprint density at radius 3 is 2.41 bits per heavy atom. The van der Waals surface area contributed by atoms with Crippen LogP contribution in [0.3, 0.4) is 0 Å². The smallest absolute Gasteiger partial charge is 0.339 e. The van der Waals surface area contributed by atoms with Crippen LogP contribution < -0.4 is 19.1 Å². The van der Waals surface area contributed by atoms with Gasteiger partial charge in [0.15, 0.2) is 17.2 Å². The number of methoxy groups -OCH3 is 1. The maximum atomic E-state index is 12.7. The quantitative estimate of drug-likeness (QED) is 0.237. The van der Waals surface area contributed by atoms with Crippen LogP contribution in [0, 0.1) is 6.92 Å². The lowest BCUT2D eigenvalue weighted by Gasteiger charge is -2.11. The minimum absolute atomic E-state index is 0.0293. The molecule has 0 aromatic heterocycles. The van der Waals surface area contributed by atoms with E-state index in [-0.39, 0.29) is 10.6 Å². The minimum atomic E-state index is -4.06. The number of amides is 1. The predicted molar refractivity (Wildman–Crippen MR) is 132 cm³/mol. The third kappa shape index (κ3) is 6.36. The number of ether oxygens (including phenoxy) is 2. The second-order valence-electron chi connectivity index (χ2n) is 7.03. The first-order valence-corrected chi connectivity index (χ1v) is 12.4. The number of halogens is 1. The second-order valence-corrected chi connectivity index (χ2v) is 9.49. The maximum Gasteiger partial charge on any atom is 0.339 e. The molecule has 34 heavy (non-hydrogen) atoms. The number of hydrogen-bond acceptors (Lipinski definition) is 7. The Balaban J connectivity index is 1.78. The normalized spacial score (nSPS) is 11.3. The number of nitrogens with zero attached hydrogens (tertiary/aromatic N) is 1. The van der Waals surface area contributed by atoms with Gasteiger partial charge < -0.3 is 13.7 Å². The van der Waals surface area contributed by atoms with Crippen molar-refractivity contribution in [2.24, 2.45) is 5.10 Å². The van der Waals surface area contributed by atoms with Gasteiger partial charge in [0.05, 0.1) is 19.9 Å². The lowest BCUT2D eigenvalue weighted by Crippen LogP contribution is -2.18. The Kier molecular flexibility index (Phi) is 8.30. The maximum absolute atomic E-state index is 12.7. The molecule has 3 aromatic carbocycles. The zero-order valence-electron chi connectivity index (χ0n) is 18.7. The molecule has 0 saturated heterocycles. The molecule has 0 aliphatic carbocycles. The molecule has 8 nitrogen and oxygen atoms in total. The Labute approximate surface area is 206 Å². The Morgan fingerprint density at radius 1 is 1.03 bits per heavy atom. The SMILES string of the molecule is CCOc1ccc(C(=O)N/N=C/c2cc(Br)ccc2OS(=O)(=O)c2ccc(C)cc2)cc1OC. The van der Waals surface area contributed by atoms with Crippen molar-refractivity contribution in [2.75, 3.05) is 13.7 Å². The topological polar surface area (TPSA) is 103 Å². The molecule has 0 fully saturated rings. The van der Waals surface area contributed by atoms with E-state index in [0.717, 1.165) is 5.56 Å². The summed E-state index contributed by atoms with van der Waals surface area (Å²) in [5, 5.41) is 3.96. The fourth-order valence-corrected chi connectivity index (χ4v) is 4.21. The zero-order chi connectivity index (χ0) is 24.7. The second kappa shape index (κ2) is 11.2. The van der Waals surface area contributed by atoms with Crippen molar-refractivity contribution in [3.8, 4) is 17.2 Å². The van der Waals surface area contributed by atoms with E-state index in [1.165, 1.54) is 37.6 Å². The summed E-state index contributed by atoms with van der Waals surface area (Å²) >= 11 is 3.34. The lowest BCUT2D eigenvalue weighted by molar-refractivity contribution is 0.0954. The summed E-state index contributed by atoms with van der Waals surface area (Å²) in [5.74, 6) is 0.519. The van der Waals surface area contributed by atoms with E-state index in [1.807, 2.05) is 13.8 Å². The molecule has 0 spiro atoms. The lowest BCUT2D eigenvalue weighted by atomic mass is 10.2. The number of hydrogen-bond donors (Lipinski definition) is 1. The van der Waals surface area contributed by atoms with Crippen LogP contribution in [0.5, 0.6) is 17.2 Å². The van der Waals surface area contributed by atoms with Crippen molar-refractivity contribution in [1.82, 2.24) is 5.43 Å². The molecule has 0 radical (unpaired) electrons. The number of carbonyl (C=O) groups excluding carboxylic acids is 1. The van der Waals surface area contributed by atoms with Gasteiger partial charge in [-0.25, -0.2) is 5.43 Å². The fraction of sp³-hybridized carbons (Fsp3) is 0.167. The van der Waals surface area contributed by atoms with E-state index in [9.17, 15) is 13.2 Å². The Bertz CT molecular complexity index is 1310. The molecule has 0 atom stereocenters. The zero-order valence-corrected chi connectivity index (χ0v) is 21.1. The minimum Gasteiger partial charge on any atom is -0.493 e. The summed E-state index contributed by atoms with van der Waals surface area (Å²) in [6, 6.07) is 15.8. The molecule has 0 heterocycles. The average molecular weight is 547 g/mol. The highest BCUT2D eigenvalue weighted by Gasteiger charge is 2.18. The molecule has 0 bridgehead atoms. The summed E-state index contributed by atoms with van der Waals surface area (Å²) in [5.41, 5.74) is 3.99. The van der Waals surface area contributed by atoms with Crippen molar-refractivity contribution in [3.63, 3.8) is 0 Å². The van der Waals surface area contributed by atoms with E-state index in [0.29, 0.717) is 33.7 Å². The summed E-state index contributed by atoms with van der Waals surface area (Å²) in [6.45, 7) is 4.17. The molecule has 178 valence electrons. The predicted octanol–water partition coefficient (Wildman–Crippen LogP) is 4.70.